The molecule has 2 unspecified atom stereocenters. The molecule has 1 aliphatic heterocycles. The van der Waals surface area contributed by atoms with Crippen LogP contribution in [0.15, 0.2) is 18.2 Å². The summed E-state index contributed by atoms with van der Waals surface area (Å²) in [7, 11) is 0. The monoisotopic (exact) mass is 247 g/mol. The van der Waals surface area contributed by atoms with E-state index in [1.807, 2.05) is 6.07 Å². The first-order valence-electron chi connectivity index (χ1n) is 6.46. The lowest BCUT2D eigenvalue weighted by Crippen LogP contribution is -2.43. The van der Waals surface area contributed by atoms with Gasteiger partial charge in [-0.2, -0.15) is 0 Å². The van der Waals surface area contributed by atoms with Crippen molar-refractivity contribution in [2.24, 2.45) is 11.7 Å². The molecule has 0 aromatic heterocycles. The van der Waals surface area contributed by atoms with Gasteiger partial charge in [-0.1, -0.05) is 6.92 Å². The Bertz CT molecular complexity index is 458. The second-order valence-corrected chi connectivity index (χ2v) is 5.19. The highest BCUT2D eigenvalue weighted by Crippen LogP contribution is 2.31. The number of carbonyl (C=O) groups is 1. The van der Waals surface area contributed by atoms with Crippen molar-refractivity contribution in [3.05, 3.63) is 23.8 Å². The molecule has 1 aromatic carbocycles. The highest BCUT2D eigenvalue weighted by molar-refractivity contribution is 5.99. The molecule has 4 N–H and O–H groups in total. The number of rotatable bonds is 2. The zero-order valence-corrected chi connectivity index (χ0v) is 11.0. The average Bonchev–Trinajstić information content (AvgIpc) is 2.32. The minimum absolute atomic E-state index is 0.393. The van der Waals surface area contributed by atoms with Crippen LogP contribution in [0.2, 0.25) is 0 Å². The van der Waals surface area contributed by atoms with E-state index in [0.717, 1.165) is 18.7 Å². The third-order valence-corrected chi connectivity index (χ3v) is 3.97. The minimum Gasteiger partial charge on any atom is -0.399 e. The number of anilines is 2. The van der Waals surface area contributed by atoms with Crippen molar-refractivity contribution in [1.82, 2.24) is 0 Å². The molecule has 98 valence electrons. The van der Waals surface area contributed by atoms with E-state index in [4.69, 9.17) is 11.5 Å². The number of amides is 1. The Kier molecular flexibility index (Phi) is 3.45. The molecule has 1 fully saturated rings. The number of hydrogen-bond donors (Lipinski definition) is 2. The van der Waals surface area contributed by atoms with Crippen molar-refractivity contribution in [1.29, 1.82) is 0 Å². The van der Waals surface area contributed by atoms with Gasteiger partial charge in [0.15, 0.2) is 0 Å². The van der Waals surface area contributed by atoms with Crippen LogP contribution in [-0.2, 0) is 0 Å². The smallest absolute Gasteiger partial charge is 0.250 e. The minimum atomic E-state index is -0.393. The predicted molar refractivity (Wildman–Crippen MR) is 74.6 cm³/mol. The van der Waals surface area contributed by atoms with Crippen LogP contribution in [0.1, 0.15) is 37.0 Å². The first-order valence-corrected chi connectivity index (χ1v) is 6.46. The molecule has 1 aliphatic rings. The summed E-state index contributed by atoms with van der Waals surface area (Å²) in [6.07, 6.45) is 2.37. The lowest BCUT2D eigenvalue weighted by Gasteiger charge is -2.40. The van der Waals surface area contributed by atoms with Gasteiger partial charge in [0.2, 0.25) is 0 Å². The number of nitrogens with zero attached hydrogens (tertiary/aromatic N) is 1. The molecular weight excluding hydrogens is 226 g/mol. The van der Waals surface area contributed by atoms with Gasteiger partial charge in [-0.3, -0.25) is 4.79 Å². The van der Waals surface area contributed by atoms with E-state index in [1.54, 1.807) is 12.1 Å². The van der Waals surface area contributed by atoms with Gasteiger partial charge in [-0.15, -0.1) is 0 Å². The number of carbonyl (C=O) groups excluding carboxylic acids is 1. The van der Waals surface area contributed by atoms with E-state index in [2.05, 4.69) is 18.7 Å². The molecule has 0 spiro atoms. The van der Waals surface area contributed by atoms with Crippen LogP contribution in [0, 0.1) is 5.92 Å². The van der Waals surface area contributed by atoms with Gasteiger partial charge in [-0.25, -0.2) is 0 Å². The second kappa shape index (κ2) is 4.88. The maximum Gasteiger partial charge on any atom is 0.250 e. The SMILES string of the molecule is CC1CCCN(c2cc(N)ccc2C(N)=O)C1C. The molecule has 1 amide bonds. The van der Waals surface area contributed by atoms with E-state index in [-0.39, 0.29) is 0 Å². The Labute approximate surface area is 108 Å². The number of nitrogens with two attached hydrogens (primary N) is 2. The fourth-order valence-corrected chi connectivity index (χ4v) is 2.67. The van der Waals surface area contributed by atoms with Crippen LogP contribution in [-0.4, -0.2) is 18.5 Å². The quantitative estimate of drug-likeness (QED) is 0.785. The molecule has 2 rings (SSSR count). The van der Waals surface area contributed by atoms with E-state index < -0.39 is 5.91 Å². The summed E-state index contributed by atoms with van der Waals surface area (Å²) in [5.41, 5.74) is 13.4. The molecule has 0 aliphatic carbocycles. The molecule has 4 heteroatoms. The van der Waals surface area contributed by atoms with Gasteiger partial charge in [0.25, 0.3) is 5.91 Å². The summed E-state index contributed by atoms with van der Waals surface area (Å²) < 4.78 is 0. The van der Waals surface area contributed by atoms with Crippen LogP contribution >= 0.6 is 0 Å². The van der Waals surface area contributed by atoms with Gasteiger partial charge in [0, 0.05) is 18.3 Å². The number of piperidine rings is 1. The molecule has 0 radical (unpaired) electrons. The van der Waals surface area contributed by atoms with Crippen LogP contribution in [0.25, 0.3) is 0 Å². The molecule has 0 saturated carbocycles. The molecule has 18 heavy (non-hydrogen) atoms. The third-order valence-electron chi connectivity index (χ3n) is 3.97. The van der Waals surface area contributed by atoms with E-state index in [0.29, 0.717) is 23.2 Å². The maximum absolute atomic E-state index is 11.5. The molecule has 2 atom stereocenters. The Balaban J connectivity index is 2.42. The number of hydrogen-bond acceptors (Lipinski definition) is 3. The van der Waals surface area contributed by atoms with Gasteiger partial charge in [0.05, 0.1) is 11.3 Å². The summed E-state index contributed by atoms with van der Waals surface area (Å²) in [5.74, 6) is 0.219. The first kappa shape index (κ1) is 12.7. The summed E-state index contributed by atoms with van der Waals surface area (Å²) in [5, 5.41) is 0. The molecule has 4 nitrogen and oxygen atoms in total. The van der Waals surface area contributed by atoms with Crippen molar-refractivity contribution in [2.75, 3.05) is 17.2 Å². The molecule has 1 saturated heterocycles. The highest BCUT2D eigenvalue weighted by atomic mass is 16.1. The fourth-order valence-electron chi connectivity index (χ4n) is 2.67. The maximum atomic E-state index is 11.5. The molecule has 0 bridgehead atoms. The molecule has 1 aromatic rings. The van der Waals surface area contributed by atoms with Crippen LogP contribution in [0.3, 0.4) is 0 Å². The van der Waals surface area contributed by atoms with Gasteiger partial charge in [0.1, 0.15) is 0 Å². The number of primary amides is 1. The van der Waals surface area contributed by atoms with Crippen molar-refractivity contribution < 1.29 is 4.79 Å². The van der Waals surface area contributed by atoms with E-state index in [9.17, 15) is 4.79 Å². The molecule has 1 heterocycles. The van der Waals surface area contributed by atoms with Crippen LogP contribution in [0.4, 0.5) is 11.4 Å². The zero-order chi connectivity index (χ0) is 13.3. The first-order chi connectivity index (χ1) is 8.50. The number of benzene rings is 1. The predicted octanol–water partition coefficient (Wildman–Crippen LogP) is 1.99. The summed E-state index contributed by atoms with van der Waals surface area (Å²) in [4.78, 5) is 13.8. The fraction of sp³-hybridized carbons (Fsp3) is 0.500. The van der Waals surface area contributed by atoms with Gasteiger partial charge >= 0.3 is 0 Å². The third kappa shape index (κ3) is 2.28. The van der Waals surface area contributed by atoms with Gasteiger partial charge in [-0.05, 0) is 43.9 Å². The lowest BCUT2D eigenvalue weighted by molar-refractivity contribution is 0.100. The number of nitrogen functional groups attached to an aromatic ring is 1. The topological polar surface area (TPSA) is 72.3 Å². The Hall–Kier alpha value is -1.71. The van der Waals surface area contributed by atoms with Gasteiger partial charge < -0.3 is 16.4 Å². The largest absolute Gasteiger partial charge is 0.399 e. The van der Waals surface area contributed by atoms with Crippen molar-refractivity contribution in [3.8, 4) is 0 Å². The summed E-state index contributed by atoms with van der Waals surface area (Å²) >= 11 is 0. The summed E-state index contributed by atoms with van der Waals surface area (Å²) in [6, 6.07) is 5.70. The average molecular weight is 247 g/mol. The highest BCUT2D eigenvalue weighted by Gasteiger charge is 2.27. The standard InChI is InChI=1S/C14H21N3O/c1-9-4-3-7-17(10(9)2)13-8-11(15)5-6-12(13)14(16)18/h5-6,8-10H,3-4,7,15H2,1-2H3,(H2,16,18). The second-order valence-electron chi connectivity index (χ2n) is 5.19. The Morgan fingerprint density at radius 1 is 1.39 bits per heavy atom. The van der Waals surface area contributed by atoms with E-state index >= 15 is 0 Å². The zero-order valence-electron chi connectivity index (χ0n) is 11.0. The van der Waals surface area contributed by atoms with Crippen molar-refractivity contribution in [3.63, 3.8) is 0 Å². The Morgan fingerprint density at radius 2 is 2.11 bits per heavy atom. The summed E-state index contributed by atoms with van der Waals surface area (Å²) in [6.45, 7) is 5.39. The van der Waals surface area contributed by atoms with Crippen molar-refractivity contribution in [2.45, 2.75) is 32.7 Å². The lowest BCUT2D eigenvalue weighted by atomic mass is 9.91. The van der Waals surface area contributed by atoms with Crippen LogP contribution < -0.4 is 16.4 Å². The van der Waals surface area contributed by atoms with Crippen molar-refractivity contribution >= 4 is 17.3 Å². The molecular formula is C14H21N3O. The normalized spacial score (nSPS) is 24.0. The Morgan fingerprint density at radius 3 is 2.78 bits per heavy atom. The van der Waals surface area contributed by atoms with E-state index in [1.165, 1.54) is 6.42 Å². The van der Waals surface area contributed by atoms with Crippen LogP contribution in [0.5, 0.6) is 0 Å².